The Hall–Kier alpha value is -3.11. The van der Waals surface area contributed by atoms with E-state index in [1.54, 1.807) is 36.7 Å². The second kappa shape index (κ2) is 14.1. The van der Waals surface area contributed by atoms with Crippen LogP contribution in [0.4, 0.5) is 8.78 Å². The van der Waals surface area contributed by atoms with Gasteiger partial charge in [-0.05, 0) is 44.9 Å². The summed E-state index contributed by atoms with van der Waals surface area (Å²) < 4.78 is 54.1. The summed E-state index contributed by atoms with van der Waals surface area (Å²) in [5.74, 6) is -1.98. The normalized spacial score (nSPS) is 17.0. The lowest BCUT2D eigenvalue weighted by Gasteiger charge is -2.24. The third-order valence-corrected chi connectivity index (χ3v) is 9.68. The molecule has 1 aromatic heterocycles. The first kappa shape index (κ1) is 32.8. The highest BCUT2D eigenvalue weighted by Gasteiger charge is 2.40. The molecule has 0 saturated carbocycles. The number of aryl methyl sites for hydroxylation is 1. The fraction of sp³-hybridized carbons (Fsp3) is 0.433. The molecule has 1 aliphatic heterocycles. The first-order valence-electron chi connectivity index (χ1n) is 14.1. The Balaban J connectivity index is 1.53. The van der Waals surface area contributed by atoms with Crippen molar-refractivity contribution in [2.24, 2.45) is 0 Å². The van der Waals surface area contributed by atoms with Crippen molar-refractivity contribution in [3.63, 3.8) is 0 Å². The Morgan fingerprint density at radius 2 is 1.86 bits per heavy atom. The lowest BCUT2D eigenvalue weighted by Crippen LogP contribution is -2.46. The fourth-order valence-corrected chi connectivity index (χ4v) is 7.11. The molecule has 2 amide bonds. The number of alkyl halides is 1. The van der Waals surface area contributed by atoms with Crippen LogP contribution >= 0.6 is 19.2 Å². The van der Waals surface area contributed by atoms with Gasteiger partial charge in [0.25, 0.3) is 0 Å². The van der Waals surface area contributed by atoms with Crippen molar-refractivity contribution in [2.75, 3.05) is 25.9 Å². The van der Waals surface area contributed by atoms with Gasteiger partial charge in [0.1, 0.15) is 24.6 Å². The number of hydrogen-bond acceptors (Lipinski definition) is 6. The average molecular weight is 638 g/mol. The van der Waals surface area contributed by atoms with E-state index in [9.17, 15) is 27.7 Å². The molecule has 4 rings (SSSR count). The molecule has 1 fully saturated rings. The van der Waals surface area contributed by atoms with Crippen molar-refractivity contribution in [2.45, 2.75) is 58.9 Å². The minimum absolute atomic E-state index is 0.0853. The van der Waals surface area contributed by atoms with Gasteiger partial charge in [0, 0.05) is 41.2 Å². The van der Waals surface area contributed by atoms with Gasteiger partial charge in [0.2, 0.25) is 11.8 Å². The largest absolute Gasteiger partial charge is 0.350 e. The molecule has 232 valence electrons. The van der Waals surface area contributed by atoms with Gasteiger partial charge in [0.05, 0.1) is 30.9 Å². The number of hydrogen-bond donors (Lipinski definition) is 1. The molecule has 2 aromatic carbocycles. The Labute approximate surface area is 254 Å². The highest BCUT2D eigenvalue weighted by atomic mass is 35.5. The summed E-state index contributed by atoms with van der Waals surface area (Å²) in [5, 5.41) is 3.13. The van der Waals surface area contributed by atoms with Crippen LogP contribution < -0.4 is 5.32 Å². The number of benzene rings is 2. The highest BCUT2D eigenvalue weighted by Crippen LogP contribution is 2.48. The van der Waals surface area contributed by atoms with Crippen LogP contribution in [-0.4, -0.2) is 65.2 Å². The van der Waals surface area contributed by atoms with E-state index in [1.807, 2.05) is 12.1 Å². The Kier molecular flexibility index (Phi) is 10.8. The predicted octanol–water partition coefficient (Wildman–Crippen LogP) is 5.70. The molecule has 0 aliphatic carbocycles. The van der Waals surface area contributed by atoms with Crippen LogP contribution in [0.15, 0.2) is 42.6 Å². The number of carbonyl (C=O) groups excluding carboxylic acids is 3. The molecule has 0 bridgehead atoms. The molecule has 9 nitrogen and oxygen atoms in total. The summed E-state index contributed by atoms with van der Waals surface area (Å²) in [4.78, 5) is 40.1. The van der Waals surface area contributed by atoms with E-state index in [-0.39, 0.29) is 61.8 Å². The number of nitrogens with one attached hydrogen (secondary N) is 1. The van der Waals surface area contributed by atoms with Crippen molar-refractivity contribution in [3.05, 3.63) is 70.1 Å². The molecule has 1 saturated heterocycles. The van der Waals surface area contributed by atoms with E-state index < -0.39 is 37.4 Å². The van der Waals surface area contributed by atoms with Gasteiger partial charge in [-0.3, -0.25) is 18.9 Å². The number of rotatable bonds is 13. The number of carbonyl (C=O) groups is 3. The molecule has 0 radical (unpaired) electrons. The molecular formula is C30H35ClF2N3O6P. The maximum atomic E-state index is 14.5. The predicted molar refractivity (Wildman–Crippen MR) is 160 cm³/mol. The van der Waals surface area contributed by atoms with Crippen molar-refractivity contribution in [3.8, 4) is 0 Å². The Morgan fingerprint density at radius 1 is 1.14 bits per heavy atom. The van der Waals surface area contributed by atoms with Gasteiger partial charge < -0.3 is 23.8 Å². The SMILES string of the molecule is CCOP(=O)(CCc1ccc2c(C(C)=O)cn(CC(=O)N3C[C@H](F)C[C@H]3C(=O)NCc3cccc(Cl)c3F)c2c1)OCC. The van der Waals surface area contributed by atoms with Crippen molar-refractivity contribution >= 4 is 47.7 Å². The number of Topliss-reactive ketones (excluding diaryl/α,β-unsaturated/α-hetero) is 1. The lowest BCUT2D eigenvalue weighted by molar-refractivity contribution is -0.139. The number of ketones is 1. The minimum atomic E-state index is -3.28. The van der Waals surface area contributed by atoms with E-state index in [1.165, 1.54) is 24.0 Å². The standard InChI is InChI=1S/C30H35ClF2N3O6P/c1-4-41-43(40,42-5-2)12-11-20-9-10-23-24(19(3)37)17-35(26(23)13-20)18-28(38)36-16-22(32)14-27(36)30(39)34-15-21-7-6-8-25(31)29(21)33/h6-10,13,17,22,27H,4-5,11-12,14-16,18H2,1-3H3,(H,34,39)/t22-,27+/m1/s1. The molecule has 2 heterocycles. The summed E-state index contributed by atoms with van der Waals surface area (Å²) in [6.45, 7) is 4.71. The van der Waals surface area contributed by atoms with Crippen LogP contribution in [0, 0.1) is 5.82 Å². The topological polar surface area (TPSA) is 107 Å². The molecule has 3 aromatic rings. The van der Waals surface area contributed by atoms with Crippen LogP contribution in [0.2, 0.25) is 5.02 Å². The number of aromatic nitrogens is 1. The van der Waals surface area contributed by atoms with Crippen molar-refractivity contribution in [1.82, 2.24) is 14.8 Å². The third-order valence-electron chi connectivity index (χ3n) is 7.32. The molecular weight excluding hydrogens is 603 g/mol. The van der Waals surface area contributed by atoms with Crippen molar-refractivity contribution in [1.29, 1.82) is 0 Å². The first-order chi connectivity index (χ1) is 20.5. The number of amides is 2. The first-order valence-corrected chi connectivity index (χ1v) is 16.2. The van der Waals surface area contributed by atoms with Gasteiger partial charge in [-0.25, -0.2) is 8.78 Å². The van der Waals surface area contributed by atoms with Crippen LogP contribution in [0.25, 0.3) is 10.9 Å². The van der Waals surface area contributed by atoms with E-state index in [0.717, 1.165) is 5.56 Å². The smallest absolute Gasteiger partial charge is 0.330 e. The molecule has 1 aliphatic rings. The zero-order chi connectivity index (χ0) is 31.3. The lowest BCUT2D eigenvalue weighted by atomic mass is 10.1. The van der Waals surface area contributed by atoms with E-state index in [4.69, 9.17) is 20.6 Å². The fourth-order valence-electron chi connectivity index (χ4n) is 5.26. The number of nitrogens with zero attached hydrogens (tertiary/aromatic N) is 2. The van der Waals surface area contributed by atoms with Crippen LogP contribution in [0.5, 0.6) is 0 Å². The Morgan fingerprint density at radius 3 is 2.53 bits per heavy atom. The zero-order valence-electron chi connectivity index (χ0n) is 24.3. The number of likely N-dealkylation sites (tertiary alicyclic amines) is 1. The van der Waals surface area contributed by atoms with Gasteiger partial charge in [-0.15, -0.1) is 0 Å². The second-order valence-corrected chi connectivity index (χ2v) is 12.9. The monoisotopic (exact) mass is 637 g/mol. The molecule has 43 heavy (non-hydrogen) atoms. The minimum Gasteiger partial charge on any atom is -0.350 e. The number of halogens is 3. The summed E-state index contributed by atoms with van der Waals surface area (Å²) in [6, 6.07) is 8.73. The zero-order valence-corrected chi connectivity index (χ0v) is 25.9. The second-order valence-electron chi connectivity index (χ2n) is 10.3. The molecule has 13 heteroatoms. The van der Waals surface area contributed by atoms with E-state index in [2.05, 4.69) is 5.32 Å². The number of fused-ring (bicyclic) bond motifs is 1. The summed E-state index contributed by atoms with van der Waals surface area (Å²) in [7, 11) is -3.28. The van der Waals surface area contributed by atoms with E-state index >= 15 is 0 Å². The molecule has 0 spiro atoms. The van der Waals surface area contributed by atoms with Gasteiger partial charge >= 0.3 is 7.60 Å². The van der Waals surface area contributed by atoms with Gasteiger partial charge in [-0.2, -0.15) is 0 Å². The summed E-state index contributed by atoms with van der Waals surface area (Å²) in [5.41, 5.74) is 1.96. The van der Waals surface area contributed by atoms with Gasteiger partial charge in [0.15, 0.2) is 5.78 Å². The maximum Gasteiger partial charge on any atom is 0.330 e. The highest BCUT2D eigenvalue weighted by molar-refractivity contribution is 7.53. The van der Waals surface area contributed by atoms with E-state index in [0.29, 0.717) is 22.9 Å². The Bertz CT molecular complexity index is 1550. The summed E-state index contributed by atoms with van der Waals surface area (Å²) in [6.07, 6.45) is 0.494. The summed E-state index contributed by atoms with van der Waals surface area (Å²) >= 11 is 5.82. The van der Waals surface area contributed by atoms with Crippen molar-refractivity contribution < 1.29 is 36.8 Å². The van der Waals surface area contributed by atoms with Crippen LogP contribution in [0.1, 0.15) is 48.7 Å². The van der Waals surface area contributed by atoms with Gasteiger partial charge in [-0.1, -0.05) is 35.9 Å². The van der Waals surface area contributed by atoms with Crippen LogP contribution in [-0.2, 0) is 42.7 Å². The average Bonchev–Trinajstić information content (AvgIpc) is 3.53. The molecule has 1 N–H and O–H groups in total. The molecule has 2 atom stereocenters. The quantitative estimate of drug-likeness (QED) is 0.190. The van der Waals surface area contributed by atoms with Crippen LogP contribution in [0.3, 0.4) is 0 Å². The molecule has 0 unspecified atom stereocenters. The maximum absolute atomic E-state index is 14.5. The third kappa shape index (κ3) is 7.70.